The van der Waals surface area contributed by atoms with E-state index < -0.39 is 22.2 Å². The highest BCUT2D eigenvalue weighted by Crippen LogP contribution is 2.28. The minimum Gasteiger partial charge on any atom is -0.379 e. The molecule has 0 aliphatic heterocycles. The van der Waals surface area contributed by atoms with Crippen molar-refractivity contribution in [3.05, 3.63) is 33.9 Å². The standard InChI is InChI=1S/C11H14F2N2O2/c1-7(2)3-4-14-10-6-8(12)5-9(13)11(10)15(16)17/h5-7,14H,3-4H2,1-2H3. The van der Waals surface area contributed by atoms with Gasteiger partial charge >= 0.3 is 5.69 Å². The molecule has 1 rings (SSSR count). The van der Waals surface area contributed by atoms with Gasteiger partial charge in [0.05, 0.1) is 4.92 Å². The van der Waals surface area contributed by atoms with Crippen LogP contribution in [0.25, 0.3) is 0 Å². The van der Waals surface area contributed by atoms with E-state index >= 15 is 0 Å². The number of rotatable bonds is 5. The molecule has 0 unspecified atom stereocenters. The van der Waals surface area contributed by atoms with E-state index in [1.54, 1.807) is 0 Å². The van der Waals surface area contributed by atoms with E-state index in [1.165, 1.54) is 0 Å². The molecule has 0 saturated carbocycles. The number of halogens is 2. The summed E-state index contributed by atoms with van der Waals surface area (Å²) in [4.78, 5) is 9.80. The van der Waals surface area contributed by atoms with Crippen molar-refractivity contribution in [1.29, 1.82) is 0 Å². The number of nitro groups is 1. The third-order valence-corrected chi connectivity index (χ3v) is 2.25. The molecule has 0 aliphatic rings. The second kappa shape index (κ2) is 5.56. The molecule has 4 nitrogen and oxygen atoms in total. The molecule has 0 heterocycles. The predicted molar refractivity (Wildman–Crippen MR) is 61.0 cm³/mol. The maximum absolute atomic E-state index is 13.2. The molecule has 94 valence electrons. The van der Waals surface area contributed by atoms with E-state index in [2.05, 4.69) is 5.32 Å². The summed E-state index contributed by atoms with van der Waals surface area (Å²) in [7, 11) is 0. The fourth-order valence-corrected chi connectivity index (χ4v) is 1.38. The monoisotopic (exact) mass is 244 g/mol. The lowest BCUT2D eigenvalue weighted by atomic mass is 10.1. The van der Waals surface area contributed by atoms with Crippen molar-refractivity contribution < 1.29 is 13.7 Å². The number of anilines is 1. The fourth-order valence-electron chi connectivity index (χ4n) is 1.38. The van der Waals surface area contributed by atoms with E-state index in [9.17, 15) is 18.9 Å². The normalized spacial score (nSPS) is 10.6. The van der Waals surface area contributed by atoms with Gasteiger partial charge in [-0.3, -0.25) is 10.1 Å². The zero-order valence-electron chi connectivity index (χ0n) is 9.67. The van der Waals surface area contributed by atoms with Gasteiger partial charge in [-0.1, -0.05) is 13.8 Å². The van der Waals surface area contributed by atoms with Crippen LogP contribution in [-0.4, -0.2) is 11.5 Å². The number of benzene rings is 1. The summed E-state index contributed by atoms with van der Waals surface area (Å²) in [5.74, 6) is -1.60. The highest BCUT2D eigenvalue weighted by Gasteiger charge is 2.21. The third-order valence-electron chi connectivity index (χ3n) is 2.25. The van der Waals surface area contributed by atoms with Gasteiger partial charge in [-0.05, 0) is 12.3 Å². The van der Waals surface area contributed by atoms with Crippen molar-refractivity contribution in [3.63, 3.8) is 0 Å². The average Bonchev–Trinajstić information content (AvgIpc) is 2.14. The van der Waals surface area contributed by atoms with Crippen LogP contribution >= 0.6 is 0 Å². The maximum Gasteiger partial charge on any atom is 0.327 e. The van der Waals surface area contributed by atoms with Gasteiger partial charge in [0.25, 0.3) is 0 Å². The summed E-state index contributed by atoms with van der Waals surface area (Å²) in [5.41, 5.74) is -0.830. The maximum atomic E-state index is 13.2. The van der Waals surface area contributed by atoms with Gasteiger partial charge in [-0.2, -0.15) is 4.39 Å². The zero-order valence-corrected chi connectivity index (χ0v) is 9.67. The van der Waals surface area contributed by atoms with E-state index in [4.69, 9.17) is 0 Å². The van der Waals surface area contributed by atoms with Crippen LogP contribution in [0.4, 0.5) is 20.2 Å². The lowest BCUT2D eigenvalue weighted by Gasteiger charge is -2.09. The van der Waals surface area contributed by atoms with Gasteiger partial charge in [0.2, 0.25) is 5.82 Å². The van der Waals surface area contributed by atoms with Gasteiger partial charge < -0.3 is 5.32 Å². The van der Waals surface area contributed by atoms with Crippen LogP contribution < -0.4 is 5.32 Å². The summed E-state index contributed by atoms with van der Waals surface area (Å²) < 4.78 is 26.2. The van der Waals surface area contributed by atoms with E-state index in [0.29, 0.717) is 18.5 Å². The first-order valence-corrected chi connectivity index (χ1v) is 5.29. The van der Waals surface area contributed by atoms with Crippen LogP contribution in [0, 0.1) is 27.7 Å². The molecule has 1 N–H and O–H groups in total. The molecule has 1 aromatic carbocycles. The summed E-state index contributed by atoms with van der Waals surface area (Å²) in [6.45, 7) is 4.41. The Labute approximate surface area is 97.8 Å². The van der Waals surface area contributed by atoms with Crippen LogP contribution in [0.2, 0.25) is 0 Å². The summed E-state index contributed by atoms with van der Waals surface area (Å²) in [6, 6.07) is 1.44. The Morgan fingerprint density at radius 2 is 2.06 bits per heavy atom. The van der Waals surface area contributed by atoms with Crippen LogP contribution in [0.15, 0.2) is 12.1 Å². The molecule has 0 amide bonds. The van der Waals surface area contributed by atoms with Gasteiger partial charge in [0.1, 0.15) is 11.5 Å². The average molecular weight is 244 g/mol. The second-order valence-electron chi connectivity index (χ2n) is 4.15. The number of nitrogens with zero attached hydrogens (tertiary/aromatic N) is 1. The molecule has 1 aromatic rings. The van der Waals surface area contributed by atoms with Crippen LogP contribution in [0.1, 0.15) is 20.3 Å². The molecule has 0 radical (unpaired) electrons. The largest absolute Gasteiger partial charge is 0.379 e. The minimum absolute atomic E-state index is 0.117. The van der Waals surface area contributed by atoms with Crippen molar-refractivity contribution >= 4 is 11.4 Å². The number of nitrogens with one attached hydrogen (secondary N) is 1. The molecule has 0 aliphatic carbocycles. The van der Waals surface area contributed by atoms with E-state index in [0.717, 1.165) is 12.5 Å². The topological polar surface area (TPSA) is 55.2 Å². The highest BCUT2D eigenvalue weighted by molar-refractivity contribution is 5.62. The Hall–Kier alpha value is -1.72. The second-order valence-corrected chi connectivity index (χ2v) is 4.15. The first-order valence-electron chi connectivity index (χ1n) is 5.29. The molecule has 0 aromatic heterocycles. The first kappa shape index (κ1) is 13.3. The van der Waals surface area contributed by atoms with Crippen molar-refractivity contribution in [2.75, 3.05) is 11.9 Å². The highest BCUT2D eigenvalue weighted by atomic mass is 19.1. The molecule has 0 fully saturated rings. The molecular formula is C11H14F2N2O2. The van der Waals surface area contributed by atoms with Gasteiger partial charge in [0.15, 0.2) is 0 Å². The van der Waals surface area contributed by atoms with Gasteiger partial charge in [0, 0.05) is 18.7 Å². The molecule has 0 saturated heterocycles. The third kappa shape index (κ3) is 3.65. The quantitative estimate of drug-likeness (QED) is 0.638. The number of hydrogen-bond donors (Lipinski definition) is 1. The van der Waals surface area contributed by atoms with Crippen molar-refractivity contribution in [1.82, 2.24) is 0 Å². The zero-order chi connectivity index (χ0) is 13.0. The van der Waals surface area contributed by atoms with Crippen LogP contribution in [-0.2, 0) is 0 Å². The molecule has 0 spiro atoms. The molecule has 0 bridgehead atoms. The van der Waals surface area contributed by atoms with Gasteiger partial charge in [-0.25, -0.2) is 4.39 Å². The van der Waals surface area contributed by atoms with Gasteiger partial charge in [-0.15, -0.1) is 0 Å². The molecule has 0 atom stereocenters. The van der Waals surface area contributed by atoms with Crippen molar-refractivity contribution in [2.24, 2.45) is 5.92 Å². The minimum atomic E-state index is -1.16. The summed E-state index contributed by atoms with van der Waals surface area (Å²) in [6.07, 6.45) is 0.759. The Balaban J connectivity index is 2.92. The Kier molecular flexibility index (Phi) is 4.37. The molecule has 6 heteroatoms. The van der Waals surface area contributed by atoms with Crippen molar-refractivity contribution in [3.8, 4) is 0 Å². The van der Waals surface area contributed by atoms with E-state index in [-0.39, 0.29) is 5.69 Å². The Bertz CT molecular complexity index is 422. The summed E-state index contributed by atoms with van der Waals surface area (Å²) >= 11 is 0. The number of hydrogen-bond acceptors (Lipinski definition) is 3. The first-order chi connectivity index (χ1) is 7.91. The molecular weight excluding hydrogens is 230 g/mol. The van der Waals surface area contributed by atoms with Crippen LogP contribution in [0.5, 0.6) is 0 Å². The predicted octanol–water partition coefficient (Wildman–Crippen LogP) is 3.33. The smallest absolute Gasteiger partial charge is 0.327 e. The number of nitro benzene ring substituents is 1. The SMILES string of the molecule is CC(C)CCNc1cc(F)cc(F)c1[N+](=O)[O-]. The lowest BCUT2D eigenvalue weighted by Crippen LogP contribution is -2.08. The van der Waals surface area contributed by atoms with E-state index in [1.807, 2.05) is 13.8 Å². The lowest BCUT2D eigenvalue weighted by molar-refractivity contribution is -0.386. The van der Waals surface area contributed by atoms with Crippen LogP contribution in [0.3, 0.4) is 0 Å². The fraction of sp³-hybridized carbons (Fsp3) is 0.455. The Morgan fingerprint density at radius 1 is 1.41 bits per heavy atom. The molecule has 17 heavy (non-hydrogen) atoms. The summed E-state index contributed by atoms with van der Waals surface area (Å²) in [5, 5.41) is 13.3. The Morgan fingerprint density at radius 3 is 2.59 bits per heavy atom. The van der Waals surface area contributed by atoms with Crippen molar-refractivity contribution in [2.45, 2.75) is 20.3 Å².